The third-order valence-corrected chi connectivity index (χ3v) is 3.76. The van der Waals surface area contributed by atoms with E-state index in [1.165, 1.54) is 4.68 Å². The largest absolute Gasteiger partial charge is 0.336 e. The van der Waals surface area contributed by atoms with Crippen molar-refractivity contribution in [2.45, 2.75) is 31.3 Å². The molecule has 124 valence electrons. The van der Waals surface area contributed by atoms with Crippen LogP contribution >= 0.6 is 11.8 Å². The highest BCUT2D eigenvalue weighted by molar-refractivity contribution is 7.99. The minimum atomic E-state index is -0.760. The van der Waals surface area contributed by atoms with Crippen LogP contribution in [0.3, 0.4) is 0 Å². The van der Waals surface area contributed by atoms with Crippen LogP contribution in [0.1, 0.15) is 26.6 Å². The van der Waals surface area contributed by atoms with Gasteiger partial charge in [-0.3, -0.25) is 4.79 Å². The Bertz CT molecular complexity index is 706. The van der Waals surface area contributed by atoms with Crippen LogP contribution in [0, 0.1) is 11.6 Å². The summed E-state index contributed by atoms with van der Waals surface area (Å²) in [4.78, 5) is 11.8. The molecule has 0 spiro atoms. The maximum Gasteiger partial charge on any atom is 0.234 e. The fourth-order valence-corrected chi connectivity index (χ4v) is 2.50. The quantitative estimate of drug-likeness (QED) is 0.658. The Labute approximate surface area is 136 Å². The Morgan fingerprint density at radius 1 is 1.26 bits per heavy atom. The van der Waals surface area contributed by atoms with Crippen molar-refractivity contribution < 1.29 is 13.6 Å². The van der Waals surface area contributed by atoms with Gasteiger partial charge in [0, 0.05) is 17.2 Å². The van der Waals surface area contributed by atoms with Gasteiger partial charge in [-0.15, -0.1) is 10.2 Å². The van der Waals surface area contributed by atoms with E-state index in [1.807, 2.05) is 20.8 Å². The number of carbonyl (C=O) groups is 1. The highest BCUT2D eigenvalue weighted by atomic mass is 32.2. The first-order valence-corrected chi connectivity index (χ1v) is 7.75. The van der Waals surface area contributed by atoms with Gasteiger partial charge in [-0.25, -0.2) is 13.5 Å². The number of thioether (sulfide) groups is 1. The van der Waals surface area contributed by atoms with Crippen molar-refractivity contribution in [1.82, 2.24) is 14.9 Å². The van der Waals surface area contributed by atoms with E-state index in [9.17, 15) is 13.6 Å². The highest BCUT2D eigenvalue weighted by Gasteiger charge is 2.23. The maximum absolute atomic E-state index is 13.1. The molecule has 1 heterocycles. The highest BCUT2D eigenvalue weighted by Crippen LogP contribution is 2.23. The summed E-state index contributed by atoms with van der Waals surface area (Å²) in [7, 11) is 0. The lowest BCUT2D eigenvalue weighted by atomic mass is 9.96. The second-order valence-electron chi connectivity index (χ2n) is 5.92. The SMILES string of the molecule is CC(C)(C)c1nnc(SCC(=O)Nc2cc(F)cc(F)c2)n1N. The summed E-state index contributed by atoms with van der Waals surface area (Å²) < 4.78 is 27.5. The Morgan fingerprint density at radius 2 is 1.87 bits per heavy atom. The van der Waals surface area contributed by atoms with E-state index in [4.69, 9.17) is 5.84 Å². The van der Waals surface area contributed by atoms with E-state index in [1.54, 1.807) is 0 Å². The lowest BCUT2D eigenvalue weighted by molar-refractivity contribution is -0.113. The van der Waals surface area contributed by atoms with E-state index in [0.717, 1.165) is 30.0 Å². The number of amides is 1. The van der Waals surface area contributed by atoms with Crippen molar-refractivity contribution in [3.63, 3.8) is 0 Å². The number of hydrogen-bond donors (Lipinski definition) is 2. The number of benzene rings is 1. The van der Waals surface area contributed by atoms with Crippen LogP contribution in [0.4, 0.5) is 14.5 Å². The number of nitrogens with zero attached hydrogens (tertiary/aromatic N) is 3. The number of halogens is 2. The summed E-state index contributed by atoms with van der Waals surface area (Å²) in [5.41, 5.74) is -0.222. The summed E-state index contributed by atoms with van der Waals surface area (Å²) >= 11 is 1.08. The molecule has 9 heteroatoms. The minimum absolute atomic E-state index is 0.0163. The predicted octanol–water partition coefficient (Wildman–Crippen LogP) is 2.30. The average molecular weight is 341 g/mol. The monoisotopic (exact) mass is 341 g/mol. The first-order chi connectivity index (χ1) is 10.7. The predicted molar refractivity (Wildman–Crippen MR) is 84.6 cm³/mol. The van der Waals surface area contributed by atoms with Crippen molar-refractivity contribution in [3.8, 4) is 0 Å². The van der Waals surface area contributed by atoms with Crippen molar-refractivity contribution >= 4 is 23.4 Å². The molecule has 0 unspecified atom stereocenters. The van der Waals surface area contributed by atoms with Crippen LogP contribution in [-0.2, 0) is 10.2 Å². The van der Waals surface area contributed by atoms with Gasteiger partial charge in [0.1, 0.15) is 11.6 Å². The summed E-state index contributed by atoms with van der Waals surface area (Å²) in [5, 5.41) is 10.7. The number of carbonyl (C=O) groups excluding carboxylic acids is 1. The third-order valence-electron chi connectivity index (χ3n) is 2.81. The number of anilines is 1. The van der Waals surface area contributed by atoms with Crippen molar-refractivity contribution in [1.29, 1.82) is 0 Å². The molecule has 0 atom stereocenters. The summed E-state index contributed by atoms with van der Waals surface area (Å²) in [5.74, 6) is 4.53. The van der Waals surface area contributed by atoms with E-state index >= 15 is 0 Å². The van der Waals surface area contributed by atoms with Crippen molar-refractivity contribution in [2.75, 3.05) is 16.9 Å². The topological polar surface area (TPSA) is 85.8 Å². The standard InChI is InChI=1S/C14H17F2N5OS/c1-14(2,3)12-19-20-13(21(12)17)23-7-11(22)18-10-5-8(15)4-9(16)6-10/h4-6H,7,17H2,1-3H3,(H,18,22). The molecule has 1 aromatic carbocycles. The van der Waals surface area contributed by atoms with Gasteiger partial charge >= 0.3 is 0 Å². The molecular formula is C14H17F2N5OS. The molecule has 0 bridgehead atoms. The van der Waals surface area contributed by atoms with Crippen LogP contribution in [0.2, 0.25) is 0 Å². The van der Waals surface area contributed by atoms with Crippen molar-refractivity contribution in [2.24, 2.45) is 0 Å². The van der Waals surface area contributed by atoms with Crippen LogP contribution in [0.25, 0.3) is 0 Å². The van der Waals surface area contributed by atoms with Gasteiger partial charge in [-0.2, -0.15) is 0 Å². The lowest BCUT2D eigenvalue weighted by Crippen LogP contribution is -2.24. The fourth-order valence-electron chi connectivity index (χ4n) is 1.84. The third kappa shape index (κ3) is 4.41. The second-order valence-corrected chi connectivity index (χ2v) is 6.86. The van der Waals surface area contributed by atoms with Gasteiger partial charge in [0.2, 0.25) is 11.1 Å². The van der Waals surface area contributed by atoms with E-state index in [0.29, 0.717) is 11.0 Å². The van der Waals surface area contributed by atoms with Gasteiger partial charge < -0.3 is 11.2 Å². The number of nitrogens with two attached hydrogens (primary N) is 1. The fraction of sp³-hybridized carbons (Fsp3) is 0.357. The molecule has 23 heavy (non-hydrogen) atoms. The van der Waals surface area contributed by atoms with Gasteiger partial charge in [0.15, 0.2) is 5.82 Å². The average Bonchev–Trinajstić information content (AvgIpc) is 2.76. The van der Waals surface area contributed by atoms with Gasteiger partial charge in [0.25, 0.3) is 0 Å². The zero-order chi connectivity index (χ0) is 17.2. The molecule has 0 saturated heterocycles. The lowest BCUT2D eigenvalue weighted by Gasteiger charge is -2.16. The molecule has 0 aliphatic rings. The minimum Gasteiger partial charge on any atom is -0.336 e. The van der Waals surface area contributed by atoms with E-state index < -0.39 is 17.5 Å². The number of nitrogens with one attached hydrogen (secondary N) is 1. The molecule has 2 aromatic rings. The molecule has 6 nitrogen and oxygen atoms in total. The Hall–Kier alpha value is -2.16. The van der Waals surface area contributed by atoms with Crippen LogP contribution < -0.4 is 11.2 Å². The van der Waals surface area contributed by atoms with E-state index in [-0.39, 0.29) is 16.9 Å². The van der Waals surface area contributed by atoms with Gasteiger partial charge in [-0.05, 0) is 12.1 Å². The molecule has 0 radical (unpaired) electrons. The number of hydrogen-bond acceptors (Lipinski definition) is 5. The maximum atomic E-state index is 13.1. The zero-order valence-corrected chi connectivity index (χ0v) is 13.7. The second kappa shape index (κ2) is 6.53. The number of nitrogen functional groups attached to an aromatic ring is 1. The zero-order valence-electron chi connectivity index (χ0n) is 12.9. The molecule has 0 saturated carbocycles. The Balaban J connectivity index is 1.98. The Kier molecular flexibility index (Phi) is 4.88. The van der Waals surface area contributed by atoms with E-state index in [2.05, 4.69) is 15.5 Å². The number of aromatic nitrogens is 3. The first kappa shape index (κ1) is 17.2. The molecule has 3 N–H and O–H groups in total. The molecule has 0 aliphatic heterocycles. The molecular weight excluding hydrogens is 324 g/mol. The van der Waals surface area contributed by atoms with Gasteiger partial charge in [0.05, 0.1) is 5.75 Å². The normalized spacial score (nSPS) is 11.5. The summed E-state index contributed by atoms with van der Waals surface area (Å²) in [6.45, 7) is 5.83. The van der Waals surface area contributed by atoms with Crippen LogP contribution in [0.15, 0.2) is 23.4 Å². The van der Waals surface area contributed by atoms with Crippen molar-refractivity contribution in [3.05, 3.63) is 35.7 Å². The first-order valence-electron chi connectivity index (χ1n) is 6.76. The molecule has 0 aliphatic carbocycles. The summed E-state index contributed by atoms with van der Waals surface area (Å²) in [6, 6.07) is 2.80. The molecule has 1 amide bonds. The van der Waals surface area contributed by atoms with Crippen LogP contribution in [-0.4, -0.2) is 26.5 Å². The summed E-state index contributed by atoms with van der Waals surface area (Å²) in [6.07, 6.45) is 0. The molecule has 0 fully saturated rings. The smallest absolute Gasteiger partial charge is 0.234 e. The molecule has 2 rings (SSSR count). The molecule has 1 aromatic heterocycles. The Morgan fingerprint density at radius 3 is 2.39 bits per heavy atom. The van der Waals surface area contributed by atoms with Crippen LogP contribution in [0.5, 0.6) is 0 Å². The van der Waals surface area contributed by atoms with Gasteiger partial charge in [-0.1, -0.05) is 32.5 Å². The number of rotatable bonds is 4.